The average molecular weight is 277 g/mol. The maximum absolute atomic E-state index is 9.77. The second-order valence-electron chi connectivity index (χ2n) is 4.42. The van der Waals surface area contributed by atoms with Crippen molar-refractivity contribution in [1.82, 2.24) is 5.32 Å². The lowest BCUT2D eigenvalue weighted by atomic mass is 10.2. The molecule has 0 saturated carbocycles. The Labute approximate surface area is 117 Å². The van der Waals surface area contributed by atoms with Crippen LogP contribution in [0.25, 0.3) is 0 Å². The summed E-state index contributed by atoms with van der Waals surface area (Å²) < 4.78 is 5.48. The molecule has 0 aliphatic carbocycles. The maximum atomic E-state index is 9.77. The highest BCUT2D eigenvalue weighted by atomic mass is 32.1. The van der Waals surface area contributed by atoms with Gasteiger partial charge in [0.25, 0.3) is 0 Å². The number of hydrogen-bond acceptors (Lipinski definition) is 4. The minimum absolute atomic E-state index is 0.353. The fraction of sp³-hybridized carbons (Fsp3) is 0.333. The number of benzene rings is 1. The van der Waals surface area contributed by atoms with E-state index in [4.69, 9.17) is 4.74 Å². The standard InChI is InChI=1S/C15H19NO2S/c17-15(9-16-8-14-6-7-19-12-14)11-18-10-13-4-2-1-3-5-13/h1-7,12,15-17H,8-11H2. The Bertz CT molecular complexity index is 444. The third kappa shape index (κ3) is 5.53. The van der Waals surface area contributed by atoms with E-state index in [1.165, 1.54) is 5.56 Å². The lowest BCUT2D eigenvalue weighted by molar-refractivity contribution is 0.0287. The van der Waals surface area contributed by atoms with Crippen LogP contribution in [-0.2, 0) is 17.9 Å². The maximum Gasteiger partial charge on any atom is 0.0897 e. The number of nitrogens with one attached hydrogen (secondary N) is 1. The first-order valence-electron chi connectivity index (χ1n) is 6.36. The van der Waals surface area contributed by atoms with Crippen molar-refractivity contribution in [2.75, 3.05) is 13.2 Å². The predicted octanol–water partition coefficient (Wildman–Crippen LogP) is 2.42. The smallest absolute Gasteiger partial charge is 0.0897 e. The fourth-order valence-corrected chi connectivity index (χ4v) is 2.39. The first kappa shape index (κ1) is 14.2. The predicted molar refractivity (Wildman–Crippen MR) is 78.1 cm³/mol. The highest BCUT2D eigenvalue weighted by Gasteiger charge is 2.04. The molecule has 0 radical (unpaired) electrons. The largest absolute Gasteiger partial charge is 0.389 e. The van der Waals surface area contributed by atoms with E-state index in [0.29, 0.717) is 19.8 Å². The van der Waals surface area contributed by atoms with Crippen molar-refractivity contribution in [3.8, 4) is 0 Å². The number of aliphatic hydroxyl groups excluding tert-OH is 1. The molecule has 3 nitrogen and oxygen atoms in total. The number of ether oxygens (including phenoxy) is 1. The van der Waals surface area contributed by atoms with Crippen LogP contribution in [-0.4, -0.2) is 24.4 Å². The van der Waals surface area contributed by atoms with Crippen LogP contribution in [0.1, 0.15) is 11.1 Å². The van der Waals surface area contributed by atoms with Gasteiger partial charge in [-0.3, -0.25) is 0 Å². The van der Waals surface area contributed by atoms with Crippen LogP contribution in [0.5, 0.6) is 0 Å². The van der Waals surface area contributed by atoms with Gasteiger partial charge in [-0.25, -0.2) is 0 Å². The van der Waals surface area contributed by atoms with Gasteiger partial charge in [0, 0.05) is 13.1 Å². The van der Waals surface area contributed by atoms with Crippen molar-refractivity contribution in [3.63, 3.8) is 0 Å². The quantitative estimate of drug-likeness (QED) is 0.778. The van der Waals surface area contributed by atoms with Crippen LogP contribution >= 0.6 is 11.3 Å². The Morgan fingerprint density at radius 3 is 2.74 bits per heavy atom. The van der Waals surface area contributed by atoms with Crippen LogP contribution in [0.3, 0.4) is 0 Å². The first-order valence-corrected chi connectivity index (χ1v) is 7.30. The third-order valence-electron chi connectivity index (χ3n) is 2.71. The van der Waals surface area contributed by atoms with Gasteiger partial charge >= 0.3 is 0 Å². The molecule has 1 heterocycles. The molecule has 0 amide bonds. The van der Waals surface area contributed by atoms with E-state index < -0.39 is 6.10 Å². The lowest BCUT2D eigenvalue weighted by Gasteiger charge is -2.12. The molecule has 4 heteroatoms. The summed E-state index contributed by atoms with van der Waals surface area (Å²) in [5.74, 6) is 0. The average Bonchev–Trinajstić information content (AvgIpc) is 2.93. The molecule has 0 aliphatic heterocycles. The summed E-state index contributed by atoms with van der Waals surface area (Å²) in [5, 5.41) is 17.1. The summed E-state index contributed by atoms with van der Waals surface area (Å²) in [7, 11) is 0. The van der Waals surface area contributed by atoms with Gasteiger partial charge in [-0.1, -0.05) is 30.3 Å². The van der Waals surface area contributed by atoms with Crippen molar-refractivity contribution >= 4 is 11.3 Å². The van der Waals surface area contributed by atoms with E-state index in [9.17, 15) is 5.11 Å². The SMILES string of the molecule is OC(CNCc1ccsc1)COCc1ccccc1. The van der Waals surface area contributed by atoms with Crippen LogP contribution < -0.4 is 5.32 Å². The molecular formula is C15H19NO2S. The molecule has 102 valence electrons. The highest BCUT2D eigenvalue weighted by molar-refractivity contribution is 7.07. The molecule has 1 aromatic heterocycles. The van der Waals surface area contributed by atoms with Crippen LogP contribution in [0.4, 0.5) is 0 Å². The molecule has 0 spiro atoms. The van der Waals surface area contributed by atoms with E-state index in [1.807, 2.05) is 30.3 Å². The third-order valence-corrected chi connectivity index (χ3v) is 3.44. The second-order valence-corrected chi connectivity index (χ2v) is 5.20. The van der Waals surface area contributed by atoms with Gasteiger partial charge in [0.1, 0.15) is 0 Å². The normalized spacial score (nSPS) is 12.5. The van der Waals surface area contributed by atoms with Crippen LogP contribution in [0.2, 0.25) is 0 Å². The minimum Gasteiger partial charge on any atom is -0.389 e. The summed E-state index contributed by atoms with van der Waals surface area (Å²) in [6.07, 6.45) is -0.470. The molecule has 2 rings (SSSR count). The minimum atomic E-state index is -0.470. The first-order chi connectivity index (χ1) is 9.34. The molecule has 19 heavy (non-hydrogen) atoms. The molecular weight excluding hydrogens is 258 g/mol. The topological polar surface area (TPSA) is 41.5 Å². The van der Waals surface area contributed by atoms with Crippen molar-refractivity contribution < 1.29 is 9.84 Å². The van der Waals surface area contributed by atoms with Crippen LogP contribution in [0.15, 0.2) is 47.2 Å². The van der Waals surface area contributed by atoms with E-state index in [1.54, 1.807) is 11.3 Å². The Balaban J connectivity index is 1.56. The molecule has 0 fully saturated rings. The lowest BCUT2D eigenvalue weighted by Crippen LogP contribution is -2.29. The molecule has 1 unspecified atom stereocenters. The summed E-state index contributed by atoms with van der Waals surface area (Å²) in [6, 6.07) is 12.1. The van der Waals surface area contributed by atoms with Crippen molar-refractivity contribution in [2.45, 2.75) is 19.3 Å². The van der Waals surface area contributed by atoms with Gasteiger partial charge in [-0.2, -0.15) is 11.3 Å². The summed E-state index contributed by atoms with van der Waals surface area (Å²) in [6.45, 7) is 2.23. The molecule has 0 aliphatic rings. The molecule has 2 aromatic rings. The van der Waals surface area contributed by atoms with Crippen molar-refractivity contribution in [1.29, 1.82) is 0 Å². The molecule has 1 aromatic carbocycles. The monoisotopic (exact) mass is 277 g/mol. The molecule has 1 atom stereocenters. The van der Waals surface area contributed by atoms with Crippen LogP contribution in [0, 0.1) is 0 Å². The summed E-state index contributed by atoms with van der Waals surface area (Å²) in [4.78, 5) is 0. The Hall–Kier alpha value is -1.20. The Morgan fingerprint density at radius 1 is 1.16 bits per heavy atom. The zero-order chi connectivity index (χ0) is 13.3. The van der Waals surface area contributed by atoms with Gasteiger partial charge in [-0.15, -0.1) is 0 Å². The van der Waals surface area contributed by atoms with Gasteiger partial charge in [-0.05, 0) is 28.0 Å². The molecule has 2 N–H and O–H groups in total. The second kappa shape index (κ2) is 8.07. The van der Waals surface area contributed by atoms with E-state index >= 15 is 0 Å². The number of hydrogen-bond donors (Lipinski definition) is 2. The van der Waals surface area contributed by atoms with Gasteiger partial charge < -0.3 is 15.2 Å². The van der Waals surface area contributed by atoms with Crippen molar-refractivity contribution in [3.05, 3.63) is 58.3 Å². The summed E-state index contributed by atoms with van der Waals surface area (Å²) in [5.41, 5.74) is 2.38. The van der Waals surface area contributed by atoms with Gasteiger partial charge in [0.2, 0.25) is 0 Å². The zero-order valence-electron chi connectivity index (χ0n) is 10.8. The number of thiophene rings is 1. The Morgan fingerprint density at radius 2 is 2.00 bits per heavy atom. The summed E-state index contributed by atoms with van der Waals surface area (Å²) >= 11 is 1.68. The zero-order valence-corrected chi connectivity index (χ0v) is 11.6. The fourth-order valence-electron chi connectivity index (χ4n) is 1.72. The number of rotatable bonds is 8. The number of aliphatic hydroxyl groups is 1. The van der Waals surface area contributed by atoms with Crippen molar-refractivity contribution in [2.24, 2.45) is 0 Å². The molecule has 0 saturated heterocycles. The van der Waals surface area contributed by atoms with E-state index in [2.05, 4.69) is 22.1 Å². The van der Waals surface area contributed by atoms with E-state index in [-0.39, 0.29) is 0 Å². The Kier molecular flexibility index (Phi) is 6.04. The van der Waals surface area contributed by atoms with E-state index in [0.717, 1.165) is 12.1 Å². The van der Waals surface area contributed by atoms with Gasteiger partial charge in [0.15, 0.2) is 0 Å². The molecule has 0 bridgehead atoms. The highest BCUT2D eigenvalue weighted by Crippen LogP contribution is 2.05. The van der Waals surface area contributed by atoms with Gasteiger partial charge in [0.05, 0.1) is 19.3 Å².